The summed E-state index contributed by atoms with van der Waals surface area (Å²) >= 11 is 9.08. The number of hydrogen-bond donors (Lipinski definition) is 0. The van der Waals surface area contributed by atoms with E-state index >= 15 is 0 Å². The Labute approximate surface area is 58.3 Å². The molecular weight excluding hydrogens is 184 g/mol. The van der Waals surface area contributed by atoms with E-state index in [1.165, 1.54) is 0 Å². The molecule has 0 fully saturated rings. The van der Waals surface area contributed by atoms with Crippen molar-refractivity contribution in [3.63, 3.8) is 0 Å². The van der Waals surface area contributed by atoms with Crippen LogP contribution in [0.25, 0.3) is 0 Å². The molecule has 0 aromatic heterocycles. The molecule has 0 saturated heterocycles. The lowest BCUT2D eigenvalue weighted by Crippen LogP contribution is -2.01. The Morgan fingerprint density at radius 1 is 1.25 bits per heavy atom. The van der Waals surface area contributed by atoms with Crippen molar-refractivity contribution in [2.75, 3.05) is 0 Å². The normalized spacial score (nSPS) is 12.8. The van der Waals surface area contributed by atoms with E-state index in [-0.39, 0.29) is 0 Å². The van der Waals surface area contributed by atoms with Crippen LogP contribution in [-0.4, -0.2) is 9.68 Å². The molecule has 0 atom stereocenters. The van der Waals surface area contributed by atoms with Crippen molar-refractivity contribution < 1.29 is 13.2 Å². The maximum Gasteiger partial charge on any atom is 0.444 e. The topological polar surface area (TPSA) is 0 Å². The lowest BCUT2D eigenvalue weighted by Gasteiger charge is -2.03. The van der Waals surface area contributed by atoms with Gasteiger partial charge < -0.3 is 0 Å². The first kappa shape index (κ1) is 8.72. The average Bonchev–Trinajstić information content (AvgIpc) is 1.21. The molecule has 0 nitrogen and oxygen atoms in total. The lowest BCUT2D eigenvalue weighted by molar-refractivity contribution is -0.0326. The Morgan fingerprint density at radius 3 is 1.62 bits per heavy atom. The smallest absolute Gasteiger partial charge is 0.160 e. The van der Waals surface area contributed by atoms with Gasteiger partial charge >= 0.3 is 5.51 Å². The molecule has 50 valence electrons. The second-order valence-electron chi connectivity index (χ2n) is 0.824. The summed E-state index contributed by atoms with van der Waals surface area (Å²) in [7, 11) is 0. The van der Waals surface area contributed by atoms with Crippen LogP contribution in [0.1, 0.15) is 0 Å². The van der Waals surface area contributed by atoms with E-state index in [1.807, 2.05) is 0 Å². The largest absolute Gasteiger partial charge is 0.444 e. The van der Waals surface area contributed by atoms with Crippen LogP contribution in [0.2, 0.25) is 0 Å². The predicted octanol–water partition coefficient (Wildman–Crippen LogP) is 3.00. The Kier molecular flexibility index (Phi) is 3.31. The van der Waals surface area contributed by atoms with Crippen LogP contribution in [0.5, 0.6) is 0 Å². The van der Waals surface area contributed by atoms with Crippen LogP contribution in [0.15, 0.2) is 0 Å². The van der Waals surface area contributed by atoms with E-state index in [1.54, 1.807) is 0 Å². The summed E-state index contributed by atoms with van der Waals surface area (Å²) < 4.78 is 31.9. The van der Waals surface area contributed by atoms with E-state index in [0.717, 1.165) is 0 Å². The summed E-state index contributed by atoms with van der Waals surface area (Å²) in [6.45, 7) is 0. The highest BCUT2D eigenvalue weighted by Crippen LogP contribution is 2.36. The molecule has 0 amide bonds. The quantitative estimate of drug-likeness (QED) is 0.565. The van der Waals surface area contributed by atoms with E-state index < -0.39 is 21.4 Å². The van der Waals surface area contributed by atoms with Crippen molar-refractivity contribution in [1.82, 2.24) is 0 Å². The summed E-state index contributed by atoms with van der Waals surface area (Å²) in [6, 6.07) is 0. The summed E-state index contributed by atoms with van der Waals surface area (Å²) in [4.78, 5) is 0. The van der Waals surface area contributed by atoms with Crippen molar-refractivity contribution in [3.05, 3.63) is 0 Å². The molecule has 0 bridgehead atoms. The fraction of sp³-hybridized carbons (Fsp3) is 1.00. The highest BCUT2D eigenvalue weighted by atomic mass is 35.5. The zero-order valence-corrected chi connectivity index (χ0v) is 5.70. The highest BCUT2D eigenvalue weighted by Gasteiger charge is 2.31. The monoisotopic (exact) mass is 184 g/mol. The minimum atomic E-state index is -4.33. The third kappa shape index (κ3) is 6.72. The van der Waals surface area contributed by atoms with Crippen LogP contribution in [0, 0.1) is 0 Å². The van der Waals surface area contributed by atoms with Gasteiger partial charge in [-0.25, -0.2) is 0 Å². The Hall–Kier alpha value is 0.720. The van der Waals surface area contributed by atoms with Crippen molar-refractivity contribution in [3.8, 4) is 0 Å². The maximum atomic E-state index is 11.1. The van der Waals surface area contributed by atoms with Gasteiger partial charge in [0.05, 0.1) is 0 Å². The third-order valence-electron chi connectivity index (χ3n) is 0.223. The second-order valence-corrected chi connectivity index (χ2v) is 3.61. The molecule has 0 radical (unpaired) electrons. The molecule has 0 aromatic carbocycles. The standard InChI is InChI=1S/C2HCl2F3S/c3-1(4)8-2(5,6)7/h1H. The van der Waals surface area contributed by atoms with Gasteiger partial charge in [-0.2, -0.15) is 13.2 Å². The van der Waals surface area contributed by atoms with Crippen LogP contribution in [0.4, 0.5) is 13.2 Å². The summed E-state index contributed by atoms with van der Waals surface area (Å²) in [5.74, 6) is 0. The average molecular weight is 185 g/mol. The number of rotatable bonds is 1. The summed E-state index contributed by atoms with van der Waals surface area (Å²) in [6.07, 6.45) is 0. The molecule has 0 spiro atoms. The molecule has 0 aliphatic heterocycles. The highest BCUT2D eigenvalue weighted by molar-refractivity contribution is 8.03. The zero-order chi connectivity index (χ0) is 6.78. The Balaban J connectivity index is 3.39. The minimum Gasteiger partial charge on any atom is -0.160 e. The van der Waals surface area contributed by atoms with Gasteiger partial charge in [0.25, 0.3) is 0 Å². The minimum absolute atomic E-state index is 0.458. The zero-order valence-electron chi connectivity index (χ0n) is 3.38. The second kappa shape index (κ2) is 3.03. The molecule has 0 saturated carbocycles. The third-order valence-corrected chi connectivity index (χ3v) is 1.20. The fourth-order valence-electron chi connectivity index (χ4n) is 0.101. The van der Waals surface area contributed by atoms with E-state index in [2.05, 4.69) is 0 Å². The van der Waals surface area contributed by atoms with Gasteiger partial charge in [-0.15, -0.1) is 0 Å². The molecule has 8 heavy (non-hydrogen) atoms. The van der Waals surface area contributed by atoms with Crippen molar-refractivity contribution in [1.29, 1.82) is 0 Å². The van der Waals surface area contributed by atoms with Gasteiger partial charge in [-0.3, -0.25) is 0 Å². The van der Waals surface area contributed by atoms with Gasteiger partial charge in [0.15, 0.2) is 4.17 Å². The van der Waals surface area contributed by atoms with Gasteiger partial charge in [0, 0.05) is 0 Å². The van der Waals surface area contributed by atoms with Gasteiger partial charge in [-0.05, 0) is 11.8 Å². The van der Waals surface area contributed by atoms with Crippen LogP contribution in [0.3, 0.4) is 0 Å². The van der Waals surface area contributed by atoms with E-state index in [9.17, 15) is 13.2 Å². The van der Waals surface area contributed by atoms with E-state index in [0.29, 0.717) is 0 Å². The summed E-state index contributed by atoms with van der Waals surface area (Å²) in [5, 5.41) is 0. The maximum absolute atomic E-state index is 11.1. The number of hydrogen-bond acceptors (Lipinski definition) is 1. The van der Waals surface area contributed by atoms with Crippen molar-refractivity contribution >= 4 is 35.0 Å². The SMILES string of the molecule is FC(F)(F)SC(Cl)Cl. The summed E-state index contributed by atoms with van der Waals surface area (Å²) in [5.41, 5.74) is -4.33. The van der Waals surface area contributed by atoms with Crippen molar-refractivity contribution in [2.24, 2.45) is 0 Å². The first-order chi connectivity index (χ1) is 3.42. The van der Waals surface area contributed by atoms with Gasteiger partial charge in [0.1, 0.15) is 0 Å². The lowest BCUT2D eigenvalue weighted by atomic mass is 11.6. The molecule has 0 N–H and O–H groups in total. The molecule has 0 aliphatic carbocycles. The Bertz CT molecular complexity index is 70.2. The number of thioether (sulfide) groups is 1. The molecule has 0 aromatic rings. The first-order valence-corrected chi connectivity index (χ1v) is 3.20. The fourth-order valence-corrected chi connectivity index (χ4v) is 0.909. The van der Waals surface area contributed by atoms with Crippen LogP contribution < -0.4 is 0 Å². The van der Waals surface area contributed by atoms with Crippen LogP contribution >= 0.6 is 35.0 Å². The molecular formula is C2HCl2F3S. The molecule has 0 aliphatic rings. The van der Waals surface area contributed by atoms with E-state index in [4.69, 9.17) is 23.2 Å². The van der Waals surface area contributed by atoms with Gasteiger partial charge in [0.2, 0.25) is 0 Å². The molecule has 0 unspecified atom stereocenters. The Morgan fingerprint density at radius 2 is 1.62 bits per heavy atom. The number of alkyl halides is 5. The molecule has 0 rings (SSSR count). The first-order valence-electron chi connectivity index (χ1n) is 1.44. The van der Waals surface area contributed by atoms with Crippen molar-refractivity contribution in [2.45, 2.75) is 9.68 Å². The number of halogens is 5. The van der Waals surface area contributed by atoms with Crippen LogP contribution in [-0.2, 0) is 0 Å². The molecule has 0 heterocycles. The predicted molar refractivity (Wildman–Crippen MR) is 29.1 cm³/mol. The molecule has 6 heteroatoms. The van der Waals surface area contributed by atoms with Gasteiger partial charge in [-0.1, -0.05) is 23.2 Å².